The van der Waals surface area contributed by atoms with Crippen molar-refractivity contribution in [3.05, 3.63) is 99.5 Å². The molecule has 8 heteroatoms. The van der Waals surface area contributed by atoms with Gasteiger partial charge in [-0.1, -0.05) is 71.7 Å². The zero-order valence-electron chi connectivity index (χ0n) is 22.2. The van der Waals surface area contributed by atoms with Gasteiger partial charge in [-0.25, -0.2) is 0 Å². The zero-order valence-corrected chi connectivity index (χ0v) is 24.5. The van der Waals surface area contributed by atoms with Crippen LogP contribution in [0.15, 0.2) is 72.8 Å². The van der Waals surface area contributed by atoms with E-state index in [4.69, 9.17) is 27.9 Å². The molecule has 0 aliphatic rings. The Morgan fingerprint density at radius 2 is 1.66 bits per heavy atom. The molecular formula is C30H34Cl2N2O3S. The molecule has 0 saturated heterocycles. The molecule has 0 spiro atoms. The summed E-state index contributed by atoms with van der Waals surface area (Å²) in [5.74, 6) is 1.31. The van der Waals surface area contributed by atoms with Crippen LogP contribution in [0.5, 0.6) is 5.75 Å². The molecule has 1 N–H and O–H groups in total. The van der Waals surface area contributed by atoms with Crippen LogP contribution in [0.2, 0.25) is 10.0 Å². The van der Waals surface area contributed by atoms with E-state index in [1.165, 1.54) is 11.8 Å². The van der Waals surface area contributed by atoms with Crippen LogP contribution in [0.1, 0.15) is 37.5 Å². The fourth-order valence-electron chi connectivity index (χ4n) is 3.90. The number of hydrogen-bond donors (Lipinski definition) is 1. The maximum absolute atomic E-state index is 13.8. The number of methoxy groups -OCH3 is 1. The normalized spacial score (nSPS) is 12.1. The van der Waals surface area contributed by atoms with Gasteiger partial charge in [0.25, 0.3) is 0 Å². The molecule has 0 radical (unpaired) electrons. The molecule has 0 saturated carbocycles. The van der Waals surface area contributed by atoms with Crippen molar-refractivity contribution in [3.8, 4) is 5.75 Å². The van der Waals surface area contributed by atoms with E-state index in [1.807, 2.05) is 75.4 Å². The van der Waals surface area contributed by atoms with Gasteiger partial charge in [0.05, 0.1) is 12.9 Å². The van der Waals surface area contributed by atoms with Crippen LogP contribution in [-0.2, 0) is 28.3 Å². The van der Waals surface area contributed by atoms with Crippen LogP contribution in [0.25, 0.3) is 0 Å². The summed E-state index contributed by atoms with van der Waals surface area (Å²) >= 11 is 14.1. The summed E-state index contributed by atoms with van der Waals surface area (Å²) in [5.41, 5.74) is 2.32. The second-order valence-electron chi connectivity index (χ2n) is 10.0. The number of rotatable bonds is 11. The summed E-state index contributed by atoms with van der Waals surface area (Å²) in [6, 6.07) is 22.0. The van der Waals surface area contributed by atoms with Gasteiger partial charge < -0.3 is 15.0 Å². The molecular weight excluding hydrogens is 539 g/mol. The highest BCUT2D eigenvalue weighted by Crippen LogP contribution is 2.25. The summed E-state index contributed by atoms with van der Waals surface area (Å²) in [6.45, 7) is 5.97. The van der Waals surface area contributed by atoms with Crippen molar-refractivity contribution < 1.29 is 14.3 Å². The lowest BCUT2D eigenvalue weighted by Crippen LogP contribution is -2.54. The van der Waals surface area contributed by atoms with Crippen LogP contribution < -0.4 is 10.1 Å². The van der Waals surface area contributed by atoms with Crippen LogP contribution in [-0.4, -0.2) is 41.2 Å². The molecule has 0 heterocycles. The van der Waals surface area contributed by atoms with Crippen molar-refractivity contribution in [2.45, 2.75) is 51.1 Å². The maximum atomic E-state index is 13.8. The summed E-state index contributed by atoms with van der Waals surface area (Å²) < 4.78 is 5.22. The third-order valence-electron chi connectivity index (χ3n) is 5.78. The van der Waals surface area contributed by atoms with Gasteiger partial charge in [0, 0.05) is 34.3 Å². The Morgan fingerprint density at radius 1 is 0.974 bits per heavy atom. The Hall–Kier alpha value is -2.67. The topological polar surface area (TPSA) is 58.6 Å². The largest absolute Gasteiger partial charge is 0.497 e. The van der Waals surface area contributed by atoms with E-state index < -0.39 is 11.6 Å². The number of nitrogens with one attached hydrogen (secondary N) is 1. The van der Waals surface area contributed by atoms with E-state index in [1.54, 1.807) is 30.2 Å². The standard InChI is InChI=1S/C30H34Cl2N2O3S/c1-30(2,3)33-29(36)27(16-21-8-6-5-7-9-21)34(18-23-12-13-24(31)17-26(23)32)28(35)20-38-19-22-10-14-25(37-4)15-11-22/h5-15,17,27H,16,18-20H2,1-4H3,(H,33,36)/t27-/m0/s1. The molecule has 1 atom stereocenters. The second-order valence-corrected chi connectivity index (χ2v) is 11.9. The van der Waals surface area contributed by atoms with E-state index in [2.05, 4.69) is 5.32 Å². The van der Waals surface area contributed by atoms with Gasteiger partial charge >= 0.3 is 0 Å². The van der Waals surface area contributed by atoms with Crippen LogP contribution in [0, 0.1) is 0 Å². The van der Waals surface area contributed by atoms with Gasteiger partial charge in [-0.3, -0.25) is 9.59 Å². The average Bonchev–Trinajstić information content (AvgIpc) is 2.87. The average molecular weight is 574 g/mol. The van der Waals surface area contributed by atoms with E-state index in [-0.39, 0.29) is 24.1 Å². The Morgan fingerprint density at radius 3 is 2.26 bits per heavy atom. The number of halogens is 2. The quantitative estimate of drug-likeness (QED) is 0.275. The SMILES string of the molecule is COc1ccc(CSCC(=O)N(Cc2ccc(Cl)cc2Cl)[C@@H](Cc2ccccc2)C(=O)NC(C)(C)C)cc1. The maximum Gasteiger partial charge on any atom is 0.243 e. The fraction of sp³-hybridized carbons (Fsp3) is 0.333. The lowest BCUT2D eigenvalue weighted by atomic mass is 10.0. The molecule has 0 bridgehead atoms. The number of nitrogens with zero attached hydrogens (tertiary/aromatic N) is 1. The Bertz CT molecular complexity index is 1210. The Balaban J connectivity index is 1.88. The van der Waals surface area contributed by atoms with Gasteiger partial charge in [0.1, 0.15) is 11.8 Å². The van der Waals surface area contributed by atoms with Crippen LogP contribution in [0.3, 0.4) is 0 Å². The minimum atomic E-state index is -0.725. The molecule has 202 valence electrons. The highest BCUT2D eigenvalue weighted by atomic mass is 35.5. The molecule has 0 fully saturated rings. The van der Waals surface area contributed by atoms with E-state index in [0.717, 1.165) is 22.4 Å². The number of carbonyl (C=O) groups excluding carboxylic acids is 2. The van der Waals surface area contributed by atoms with Crippen molar-refractivity contribution in [3.63, 3.8) is 0 Å². The van der Waals surface area contributed by atoms with Gasteiger partial charge in [-0.2, -0.15) is 0 Å². The smallest absolute Gasteiger partial charge is 0.243 e. The van der Waals surface area contributed by atoms with Gasteiger partial charge in [-0.15, -0.1) is 11.8 Å². The van der Waals surface area contributed by atoms with Crippen molar-refractivity contribution in [1.29, 1.82) is 0 Å². The molecule has 3 aromatic carbocycles. The minimum Gasteiger partial charge on any atom is -0.497 e. The molecule has 2 amide bonds. The molecule has 0 aromatic heterocycles. The summed E-state index contributed by atoms with van der Waals surface area (Å²) in [7, 11) is 1.63. The van der Waals surface area contributed by atoms with Crippen molar-refractivity contribution >= 4 is 46.8 Å². The number of amides is 2. The zero-order chi connectivity index (χ0) is 27.7. The van der Waals surface area contributed by atoms with E-state index >= 15 is 0 Å². The summed E-state index contributed by atoms with van der Waals surface area (Å²) in [6.07, 6.45) is 0.378. The number of carbonyl (C=O) groups is 2. The Kier molecular flexibility index (Phi) is 11.0. The molecule has 0 aliphatic carbocycles. The lowest BCUT2D eigenvalue weighted by Gasteiger charge is -2.34. The molecule has 3 aromatic rings. The first kappa shape index (κ1) is 29.9. The van der Waals surface area contributed by atoms with E-state index in [9.17, 15) is 9.59 Å². The number of thioether (sulfide) groups is 1. The van der Waals surface area contributed by atoms with Gasteiger partial charge in [-0.05, 0) is 61.7 Å². The van der Waals surface area contributed by atoms with Gasteiger partial charge in [0.2, 0.25) is 11.8 Å². The molecule has 3 rings (SSSR count). The van der Waals surface area contributed by atoms with Crippen LogP contribution >= 0.6 is 35.0 Å². The lowest BCUT2D eigenvalue weighted by molar-refractivity contribution is -0.140. The summed E-state index contributed by atoms with van der Waals surface area (Å²) in [4.78, 5) is 29.0. The van der Waals surface area contributed by atoms with Crippen LogP contribution in [0.4, 0.5) is 0 Å². The predicted octanol–water partition coefficient (Wildman–Crippen LogP) is 6.79. The first-order chi connectivity index (χ1) is 18.1. The first-order valence-electron chi connectivity index (χ1n) is 12.4. The molecule has 38 heavy (non-hydrogen) atoms. The van der Waals surface area contributed by atoms with Gasteiger partial charge in [0.15, 0.2) is 0 Å². The second kappa shape index (κ2) is 13.9. The highest BCUT2D eigenvalue weighted by Gasteiger charge is 2.32. The highest BCUT2D eigenvalue weighted by molar-refractivity contribution is 7.99. The third kappa shape index (κ3) is 9.26. The van der Waals surface area contributed by atoms with Crippen molar-refractivity contribution in [2.75, 3.05) is 12.9 Å². The molecule has 0 aliphatic heterocycles. The number of ether oxygens (including phenoxy) is 1. The fourth-order valence-corrected chi connectivity index (χ4v) is 5.24. The number of benzene rings is 3. The molecule has 5 nitrogen and oxygen atoms in total. The molecule has 0 unspecified atom stereocenters. The first-order valence-corrected chi connectivity index (χ1v) is 14.3. The Labute approximate surface area is 239 Å². The summed E-state index contributed by atoms with van der Waals surface area (Å²) in [5, 5.41) is 4.04. The van der Waals surface area contributed by atoms with Crippen molar-refractivity contribution in [2.24, 2.45) is 0 Å². The minimum absolute atomic E-state index is 0.139. The van der Waals surface area contributed by atoms with E-state index in [0.29, 0.717) is 22.2 Å². The predicted molar refractivity (Wildman–Crippen MR) is 158 cm³/mol. The third-order valence-corrected chi connectivity index (χ3v) is 7.35. The van der Waals surface area contributed by atoms with Crippen molar-refractivity contribution in [1.82, 2.24) is 10.2 Å². The monoisotopic (exact) mass is 572 g/mol. The number of hydrogen-bond acceptors (Lipinski definition) is 4.